The minimum absolute atomic E-state index is 0.0555. The lowest BCUT2D eigenvalue weighted by atomic mass is 9.55. The van der Waals surface area contributed by atoms with Crippen LogP contribution in [0.5, 0.6) is 0 Å². The molecular weight excluding hydrogens is 260 g/mol. The fraction of sp³-hybridized carbons (Fsp3) is 0.538. The zero-order chi connectivity index (χ0) is 13.8. The number of hydrogen-bond donors (Lipinski definition) is 2. The van der Waals surface area contributed by atoms with E-state index in [9.17, 15) is 17.6 Å². The average Bonchev–Trinajstić information content (AvgIpc) is 2.24. The summed E-state index contributed by atoms with van der Waals surface area (Å²) in [6.45, 7) is 0.756. The van der Waals surface area contributed by atoms with Crippen LogP contribution in [0, 0.1) is 11.2 Å². The van der Waals surface area contributed by atoms with E-state index in [4.69, 9.17) is 5.73 Å². The Labute approximate surface area is 108 Å². The highest BCUT2D eigenvalue weighted by Crippen LogP contribution is 2.55. The van der Waals surface area contributed by atoms with Gasteiger partial charge in [0.2, 0.25) is 0 Å². The lowest BCUT2D eigenvalue weighted by Crippen LogP contribution is -2.65. The number of alkyl halides is 3. The molecule has 1 saturated carbocycles. The number of hydrogen-bond acceptors (Lipinski definition) is 2. The van der Waals surface area contributed by atoms with Crippen molar-refractivity contribution in [1.29, 1.82) is 0 Å². The van der Waals surface area contributed by atoms with Crippen LogP contribution >= 0.6 is 0 Å². The lowest BCUT2D eigenvalue weighted by molar-refractivity contribution is -0.137. The second-order valence-corrected chi connectivity index (χ2v) is 5.58. The molecule has 1 aliphatic heterocycles. The molecule has 6 heteroatoms. The highest BCUT2D eigenvalue weighted by Gasteiger charge is 2.55. The number of nitrogens with two attached hydrogens (primary N) is 1. The van der Waals surface area contributed by atoms with Gasteiger partial charge in [-0.1, -0.05) is 6.07 Å². The molecule has 2 nitrogen and oxygen atoms in total. The number of benzene rings is 1. The van der Waals surface area contributed by atoms with Gasteiger partial charge in [0.15, 0.2) is 0 Å². The normalized spacial score (nSPS) is 33.9. The zero-order valence-electron chi connectivity index (χ0n) is 10.1. The largest absolute Gasteiger partial charge is 0.416 e. The molecule has 1 atom stereocenters. The van der Waals surface area contributed by atoms with Crippen molar-refractivity contribution >= 4 is 0 Å². The third kappa shape index (κ3) is 1.94. The van der Waals surface area contributed by atoms with Crippen molar-refractivity contribution in [3.05, 3.63) is 35.1 Å². The van der Waals surface area contributed by atoms with Gasteiger partial charge in [0.05, 0.1) is 5.56 Å². The Hall–Kier alpha value is -1.14. The Kier molecular flexibility index (Phi) is 2.66. The highest BCUT2D eigenvalue weighted by molar-refractivity contribution is 5.33. The molecule has 2 aliphatic rings. The van der Waals surface area contributed by atoms with Crippen molar-refractivity contribution in [3.8, 4) is 0 Å². The summed E-state index contributed by atoms with van der Waals surface area (Å²) in [5.41, 5.74) is 5.06. The molecule has 1 aliphatic carbocycles. The molecule has 1 saturated heterocycles. The molecule has 1 unspecified atom stereocenters. The van der Waals surface area contributed by atoms with Crippen LogP contribution in [0.2, 0.25) is 0 Å². The molecule has 3 N–H and O–H groups in total. The summed E-state index contributed by atoms with van der Waals surface area (Å²) >= 11 is 0. The molecular formula is C13H14F4N2. The topological polar surface area (TPSA) is 38.0 Å². The van der Waals surface area contributed by atoms with Crippen LogP contribution in [0.1, 0.15) is 30.0 Å². The van der Waals surface area contributed by atoms with Gasteiger partial charge in [-0.05, 0) is 25.0 Å². The smallest absolute Gasteiger partial charge is 0.328 e. The van der Waals surface area contributed by atoms with Gasteiger partial charge in [0.1, 0.15) is 5.82 Å². The van der Waals surface area contributed by atoms with Gasteiger partial charge in [0, 0.05) is 29.6 Å². The molecule has 0 amide bonds. The molecule has 1 spiro atoms. The van der Waals surface area contributed by atoms with Crippen LogP contribution in [0.25, 0.3) is 0 Å². The SMILES string of the molecule is NC1CC2(CNC2c2ccc(C(F)(F)F)cc2F)C1. The van der Waals surface area contributed by atoms with Gasteiger partial charge < -0.3 is 11.1 Å². The van der Waals surface area contributed by atoms with Gasteiger partial charge in [-0.2, -0.15) is 13.2 Å². The Morgan fingerprint density at radius 3 is 2.37 bits per heavy atom. The van der Waals surface area contributed by atoms with Crippen molar-refractivity contribution in [2.45, 2.75) is 31.1 Å². The third-order valence-electron chi connectivity index (χ3n) is 4.25. The maximum absolute atomic E-state index is 13.9. The minimum Gasteiger partial charge on any atom is -0.328 e. The Morgan fingerprint density at radius 1 is 1.26 bits per heavy atom. The van der Waals surface area contributed by atoms with E-state index in [0.29, 0.717) is 11.6 Å². The number of halogens is 4. The summed E-state index contributed by atoms with van der Waals surface area (Å²) in [4.78, 5) is 0. The summed E-state index contributed by atoms with van der Waals surface area (Å²) in [5, 5.41) is 3.10. The summed E-state index contributed by atoms with van der Waals surface area (Å²) in [7, 11) is 0. The van der Waals surface area contributed by atoms with Crippen molar-refractivity contribution < 1.29 is 17.6 Å². The maximum Gasteiger partial charge on any atom is 0.416 e. The first kappa shape index (κ1) is 12.9. The van der Waals surface area contributed by atoms with E-state index < -0.39 is 17.6 Å². The van der Waals surface area contributed by atoms with E-state index in [1.807, 2.05) is 0 Å². The van der Waals surface area contributed by atoms with E-state index in [-0.39, 0.29) is 17.5 Å². The Balaban J connectivity index is 1.87. The molecule has 3 rings (SSSR count). The van der Waals surface area contributed by atoms with Gasteiger partial charge in [-0.3, -0.25) is 0 Å². The van der Waals surface area contributed by atoms with Crippen molar-refractivity contribution in [2.75, 3.05) is 6.54 Å². The van der Waals surface area contributed by atoms with E-state index in [2.05, 4.69) is 5.32 Å². The molecule has 1 heterocycles. The molecule has 0 bridgehead atoms. The van der Waals surface area contributed by atoms with E-state index >= 15 is 0 Å². The van der Waals surface area contributed by atoms with Crippen LogP contribution < -0.4 is 11.1 Å². The van der Waals surface area contributed by atoms with Gasteiger partial charge in [0.25, 0.3) is 0 Å². The standard InChI is InChI=1S/C13H14F4N2/c14-10-3-7(13(15,16)17)1-2-9(10)11-12(6-19-11)4-8(18)5-12/h1-3,8,11,19H,4-6,18H2. The number of rotatable bonds is 1. The predicted molar refractivity (Wildman–Crippen MR) is 61.8 cm³/mol. The molecule has 104 valence electrons. The maximum atomic E-state index is 13.9. The Morgan fingerprint density at radius 2 is 1.95 bits per heavy atom. The van der Waals surface area contributed by atoms with Crippen LogP contribution in [0.15, 0.2) is 18.2 Å². The van der Waals surface area contributed by atoms with Gasteiger partial charge in [-0.25, -0.2) is 4.39 Å². The van der Waals surface area contributed by atoms with Crippen molar-refractivity contribution in [2.24, 2.45) is 11.1 Å². The van der Waals surface area contributed by atoms with Crippen LogP contribution in [-0.4, -0.2) is 12.6 Å². The summed E-state index contributed by atoms with van der Waals surface area (Å²) in [5.74, 6) is -0.799. The van der Waals surface area contributed by atoms with Gasteiger partial charge >= 0.3 is 6.18 Å². The van der Waals surface area contributed by atoms with Crippen molar-refractivity contribution in [1.82, 2.24) is 5.32 Å². The van der Waals surface area contributed by atoms with Crippen LogP contribution in [0.3, 0.4) is 0 Å². The summed E-state index contributed by atoms with van der Waals surface area (Å²) < 4.78 is 51.3. The lowest BCUT2D eigenvalue weighted by Gasteiger charge is -2.59. The molecule has 0 radical (unpaired) electrons. The third-order valence-corrected chi connectivity index (χ3v) is 4.25. The van der Waals surface area contributed by atoms with Crippen LogP contribution in [-0.2, 0) is 6.18 Å². The Bertz CT molecular complexity index is 506. The first-order valence-electron chi connectivity index (χ1n) is 6.17. The van der Waals surface area contributed by atoms with Crippen LogP contribution in [0.4, 0.5) is 17.6 Å². The molecule has 19 heavy (non-hydrogen) atoms. The molecule has 1 aromatic rings. The van der Waals surface area contributed by atoms with E-state index in [1.165, 1.54) is 6.07 Å². The zero-order valence-corrected chi connectivity index (χ0v) is 10.1. The second kappa shape index (κ2) is 3.93. The van der Waals surface area contributed by atoms with E-state index in [1.54, 1.807) is 0 Å². The first-order chi connectivity index (χ1) is 8.82. The second-order valence-electron chi connectivity index (χ2n) is 5.58. The minimum atomic E-state index is -4.51. The first-order valence-corrected chi connectivity index (χ1v) is 6.17. The quantitative estimate of drug-likeness (QED) is 0.772. The predicted octanol–water partition coefficient (Wildman–Crippen LogP) is 2.60. The molecule has 1 aromatic carbocycles. The highest BCUT2D eigenvalue weighted by atomic mass is 19.4. The van der Waals surface area contributed by atoms with E-state index in [0.717, 1.165) is 25.5 Å². The fourth-order valence-electron chi connectivity index (χ4n) is 3.23. The van der Waals surface area contributed by atoms with Crippen molar-refractivity contribution in [3.63, 3.8) is 0 Å². The van der Waals surface area contributed by atoms with Gasteiger partial charge in [-0.15, -0.1) is 0 Å². The summed E-state index contributed by atoms with van der Waals surface area (Å²) in [6, 6.07) is 2.66. The monoisotopic (exact) mass is 274 g/mol. The summed E-state index contributed by atoms with van der Waals surface area (Å²) in [6.07, 6.45) is -2.92. The molecule has 2 fully saturated rings. The number of nitrogens with one attached hydrogen (secondary N) is 1. The average molecular weight is 274 g/mol. The fourth-order valence-corrected chi connectivity index (χ4v) is 3.23. The molecule has 0 aromatic heterocycles.